The lowest BCUT2D eigenvalue weighted by Gasteiger charge is -2.37. The molecule has 2 unspecified atom stereocenters. The number of piperidine rings is 1. The van der Waals surface area contributed by atoms with E-state index in [4.69, 9.17) is 4.74 Å². The number of rotatable bonds is 4. The standard InChI is InChI=1S/C17H24N2O3/c1-12-7-4-5-9-15(12)16(17(21)22-3)19-10-6-8-14(11-19)18-13(2)20/h4-5,7,9,14,16H,6,8,10-11H2,1-3H3,(H,18,20). The topological polar surface area (TPSA) is 58.6 Å². The maximum Gasteiger partial charge on any atom is 0.327 e. The minimum atomic E-state index is -0.414. The molecule has 0 saturated carbocycles. The summed E-state index contributed by atoms with van der Waals surface area (Å²) in [6.45, 7) is 5.01. The van der Waals surface area contributed by atoms with Crippen molar-refractivity contribution in [1.29, 1.82) is 0 Å². The number of likely N-dealkylation sites (tertiary alicyclic amines) is 1. The summed E-state index contributed by atoms with van der Waals surface area (Å²) in [6.07, 6.45) is 1.89. The van der Waals surface area contributed by atoms with Crippen LogP contribution in [0.1, 0.15) is 36.9 Å². The number of carbonyl (C=O) groups is 2. The van der Waals surface area contributed by atoms with Crippen molar-refractivity contribution in [1.82, 2.24) is 10.2 Å². The Morgan fingerprint density at radius 1 is 1.36 bits per heavy atom. The van der Waals surface area contributed by atoms with E-state index in [1.54, 1.807) is 0 Å². The highest BCUT2D eigenvalue weighted by atomic mass is 16.5. The molecule has 1 aromatic carbocycles. The monoisotopic (exact) mass is 304 g/mol. The van der Waals surface area contributed by atoms with Gasteiger partial charge < -0.3 is 10.1 Å². The fraction of sp³-hybridized carbons (Fsp3) is 0.529. The molecule has 2 atom stereocenters. The molecule has 2 rings (SSSR count). The molecular weight excluding hydrogens is 280 g/mol. The molecule has 5 heteroatoms. The van der Waals surface area contributed by atoms with E-state index in [0.717, 1.165) is 30.5 Å². The number of nitrogens with one attached hydrogen (secondary N) is 1. The molecule has 120 valence electrons. The number of hydrogen-bond acceptors (Lipinski definition) is 4. The molecule has 0 aliphatic carbocycles. The van der Waals surface area contributed by atoms with Gasteiger partial charge in [0.1, 0.15) is 6.04 Å². The summed E-state index contributed by atoms with van der Waals surface area (Å²) in [5, 5.41) is 2.96. The van der Waals surface area contributed by atoms with Gasteiger partial charge >= 0.3 is 5.97 Å². The molecule has 1 fully saturated rings. The second kappa shape index (κ2) is 7.40. The van der Waals surface area contributed by atoms with E-state index < -0.39 is 6.04 Å². The minimum Gasteiger partial charge on any atom is -0.468 e. The van der Waals surface area contributed by atoms with Crippen LogP contribution in [0.5, 0.6) is 0 Å². The quantitative estimate of drug-likeness (QED) is 0.862. The molecule has 0 radical (unpaired) electrons. The van der Waals surface area contributed by atoms with Crippen LogP contribution in [-0.2, 0) is 14.3 Å². The van der Waals surface area contributed by atoms with E-state index in [2.05, 4.69) is 10.2 Å². The Labute approximate surface area is 131 Å². The van der Waals surface area contributed by atoms with Crippen LogP contribution >= 0.6 is 0 Å². The number of methoxy groups -OCH3 is 1. The Balaban J connectivity index is 2.24. The van der Waals surface area contributed by atoms with Gasteiger partial charge in [-0.15, -0.1) is 0 Å². The van der Waals surface area contributed by atoms with Crippen molar-refractivity contribution in [2.75, 3.05) is 20.2 Å². The summed E-state index contributed by atoms with van der Waals surface area (Å²) in [5.41, 5.74) is 2.04. The molecule has 1 saturated heterocycles. The Hall–Kier alpha value is -1.88. The van der Waals surface area contributed by atoms with Gasteiger partial charge in [-0.1, -0.05) is 24.3 Å². The first-order chi connectivity index (χ1) is 10.5. The number of nitrogens with zero attached hydrogens (tertiary/aromatic N) is 1. The molecule has 1 amide bonds. The van der Waals surface area contributed by atoms with Crippen LogP contribution in [0.2, 0.25) is 0 Å². The van der Waals surface area contributed by atoms with Crippen LogP contribution in [-0.4, -0.2) is 43.0 Å². The molecule has 1 aliphatic heterocycles. The molecule has 5 nitrogen and oxygen atoms in total. The van der Waals surface area contributed by atoms with Crippen LogP contribution in [0, 0.1) is 6.92 Å². The van der Waals surface area contributed by atoms with Crippen LogP contribution in [0.15, 0.2) is 24.3 Å². The first kappa shape index (κ1) is 16.5. The summed E-state index contributed by atoms with van der Waals surface area (Å²) >= 11 is 0. The third kappa shape index (κ3) is 3.85. The van der Waals surface area contributed by atoms with Gasteiger partial charge in [0.2, 0.25) is 5.91 Å². The Morgan fingerprint density at radius 3 is 2.73 bits per heavy atom. The molecule has 1 aromatic rings. The molecule has 22 heavy (non-hydrogen) atoms. The lowest BCUT2D eigenvalue weighted by atomic mass is 9.96. The normalized spacial score (nSPS) is 20.2. The van der Waals surface area contributed by atoms with Gasteiger partial charge in [0, 0.05) is 19.5 Å². The fourth-order valence-corrected chi connectivity index (χ4v) is 3.12. The molecule has 1 aliphatic rings. The van der Waals surface area contributed by atoms with Gasteiger partial charge in [-0.2, -0.15) is 0 Å². The number of aryl methyl sites for hydroxylation is 1. The second-order valence-corrected chi connectivity index (χ2v) is 5.82. The maximum absolute atomic E-state index is 12.3. The first-order valence-electron chi connectivity index (χ1n) is 7.67. The Kier molecular flexibility index (Phi) is 5.55. The lowest BCUT2D eigenvalue weighted by Crippen LogP contribution is -2.49. The number of ether oxygens (including phenoxy) is 1. The molecule has 0 bridgehead atoms. The van der Waals surface area contributed by atoms with E-state index in [1.807, 2.05) is 31.2 Å². The van der Waals surface area contributed by atoms with E-state index in [1.165, 1.54) is 14.0 Å². The molecular formula is C17H24N2O3. The zero-order chi connectivity index (χ0) is 16.1. The highest BCUT2D eigenvalue weighted by molar-refractivity contribution is 5.78. The van der Waals surface area contributed by atoms with Gasteiger partial charge in [0.15, 0.2) is 0 Å². The smallest absolute Gasteiger partial charge is 0.327 e. The number of amides is 1. The molecule has 0 aromatic heterocycles. The summed E-state index contributed by atoms with van der Waals surface area (Å²) in [6, 6.07) is 7.54. The van der Waals surface area contributed by atoms with Gasteiger partial charge in [-0.05, 0) is 37.4 Å². The largest absolute Gasteiger partial charge is 0.468 e. The third-order valence-corrected chi connectivity index (χ3v) is 4.13. The summed E-state index contributed by atoms with van der Waals surface area (Å²) in [7, 11) is 1.42. The van der Waals surface area contributed by atoms with Crippen molar-refractivity contribution >= 4 is 11.9 Å². The SMILES string of the molecule is COC(=O)C(c1ccccc1C)N1CCCC(NC(C)=O)C1. The average molecular weight is 304 g/mol. The number of carbonyl (C=O) groups excluding carboxylic acids is 2. The summed E-state index contributed by atoms with van der Waals surface area (Å²) in [5.74, 6) is -0.282. The van der Waals surface area contributed by atoms with Gasteiger partial charge in [-0.25, -0.2) is 4.79 Å². The molecule has 0 spiro atoms. The summed E-state index contributed by atoms with van der Waals surface area (Å²) in [4.78, 5) is 25.7. The first-order valence-corrected chi connectivity index (χ1v) is 7.67. The third-order valence-electron chi connectivity index (χ3n) is 4.13. The average Bonchev–Trinajstić information content (AvgIpc) is 2.49. The minimum absolute atomic E-state index is 0.0302. The van der Waals surface area contributed by atoms with Crippen LogP contribution in [0.25, 0.3) is 0 Å². The van der Waals surface area contributed by atoms with Crippen LogP contribution in [0.3, 0.4) is 0 Å². The lowest BCUT2D eigenvalue weighted by molar-refractivity contribution is -0.148. The van der Waals surface area contributed by atoms with Gasteiger partial charge in [0.25, 0.3) is 0 Å². The van der Waals surface area contributed by atoms with Crippen molar-refractivity contribution in [3.63, 3.8) is 0 Å². The van der Waals surface area contributed by atoms with E-state index in [0.29, 0.717) is 6.54 Å². The van der Waals surface area contributed by atoms with Crippen molar-refractivity contribution < 1.29 is 14.3 Å². The van der Waals surface area contributed by atoms with E-state index in [9.17, 15) is 9.59 Å². The number of esters is 1. The zero-order valence-corrected chi connectivity index (χ0v) is 13.5. The molecule has 1 N–H and O–H groups in total. The van der Waals surface area contributed by atoms with Crippen molar-refractivity contribution in [2.24, 2.45) is 0 Å². The number of benzene rings is 1. The Morgan fingerprint density at radius 2 is 2.09 bits per heavy atom. The molecule has 1 heterocycles. The fourth-order valence-electron chi connectivity index (χ4n) is 3.12. The van der Waals surface area contributed by atoms with Crippen LogP contribution < -0.4 is 5.32 Å². The predicted octanol–water partition coefficient (Wildman–Crippen LogP) is 1.81. The van der Waals surface area contributed by atoms with Gasteiger partial charge in [0.05, 0.1) is 7.11 Å². The Bertz CT molecular complexity index is 544. The van der Waals surface area contributed by atoms with E-state index in [-0.39, 0.29) is 17.9 Å². The van der Waals surface area contributed by atoms with Crippen molar-refractivity contribution in [3.8, 4) is 0 Å². The van der Waals surface area contributed by atoms with Crippen molar-refractivity contribution in [3.05, 3.63) is 35.4 Å². The van der Waals surface area contributed by atoms with Crippen LogP contribution in [0.4, 0.5) is 0 Å². The van der Waals surface area contributed by atoms with Gasteiger partial charge in [-0.3, -0.25) is 9.69 Å². The van der Waals surface area contributed by atoms with E-state index >= 15 is 0 Å². The maximum atomic E-state index is 12.3. The predicted molar refractivity (Wildman–Crippen MR) is 84.3 cm³/mol. The highest BCUT2D eigenvalue weighted by Crippen LogP contribution is 2.28. The van der Waals surface area contributed by atoms with Crippen molar-refractivity contribution in [2.45, 2.75) is 38.8 Å². The second-order valence-electron chi connectivity index (χ2n) is 5.82. The zero-order valence-electron chi connectivity index (χ0n) is 13.5. The summed E-state index contributed by atoms with van der Waals surface area (Å²) < 4.78 is 5.02. The number of hydrogen-bond donors (Lipinski definition) is 1. The highest BCUT2D eigenvalue weighted by Gasteiger charge is 2.33.